The van der Waals surface area contributed by atoms with E-state index in [9.17, 15) is 0 Å². The molecule has 1 fully saturated rings. The van der Waals surface area contributed by atoms with E-state index in [1.807, 2.05) is 6.07 Å². The van der Waals surface area contributed by atoms with Crippen LogP contribution in [0.15, 0.2) is 22.7 Å². The van der Waals surface area contributed by atoms with Gasteiger partial charge >= 0.3 is 0 Å². The number of halogens is 1. The SMILES string of the molecule is Cc1cc(Br)ccc1OCCCC[NH+]1CCCCC1. The molecule has 0 aromatic heterocycles. The molecule has 0 spiro atoms. The Hall–Kier alpha value is -0.540. The summed E-state index contributed by atoms with van der Waals surface area (Å²) in [6.45, 7) is 7.02. The van der Waals surface area contributed by atoms with Crippen molar-refractivity contribution in [3.63, 3.8) is 0 Å². The standard InChI is InChI=1S/C16H24BrNO/c1-14-13-15(17)7-8-16(14)19-12-6-5-11-18-9-3-2-4-10-18/h7-8,13H,2-6,9-12H2,1H3/p+1. The lowest BCUT2D eigenvalue weighted by Gasteiger charge is -2.23. The minimum Gasteiger partial charge on any atom is -0.493 e. The number of unbranched alkanes of at least 4 members (excludes halogenated alkanes) is 1. The fourth-order valence-corrected chi connectivity index (χ4v) is 3.21. The number of rotatable bonds is 6. The molecule has 2 rings (SSSR count). The molecule has 1 saturated heterocycles. The first kappa shape index (κ1) is 14.9. The molecule has 19 heavy (non-hydrogen) atoms. The molecule has 0 bridgehead atoms. The molecule has 0 saturated carbocycles. The van der Waals surface area contributed by atoms with Crippen LogP contribution in [-0.4, -0.2) is 26.2 Å². The van der Waals surface area contributed by atoms with Gasteiger partial charge in [-0.25, -0.2) is 0 Å². The van der Waals surface area contributed by atoms with Crippen LogP contribution in [0.3, 0.4) is 0 Å². The molecule has 1 heterocycles. The fourth-order valence-electron chi connectivity index (χ4n) is 2.74. The molecule has 0 atom stereocenters. The van der Waals surface area contributed by atoms with Crippen LogP contribution in [0.2, 0.25) is 0 Å². The van der Waals surface area contributed by atoms with E-state index in [4.69, 9.17) is 4.74 Å². The zero-order valence-electron chi connectivity index (χ0n) is 11.9. The Labute approximate surface area is 125 Å². The van der Waals surface area contributed by atoms with Crippen LogP contribution in [0.5, 0.6) is 5.75 Å². The molecule has 0 unspecified atom stereocenters. The average molecular weight is 327 g/mol. The topological polar surface area (TPSA) is 13.7 Å². The van der Waals surface area contributed by atoms with Gasteiger partial charge in [0.15, 0.2) is 0 Å². The zero-order chi connectivity index (χ0) is 13.5. The van der Waals surface area contributed by atoms with E-state index in [2.05, 4.69) is 35.0 Å². The van der Waals surface area contributed by atoms with E-state index >= 15 is 0 Å². The van der Waals surface area contributed by atoms with Crippen LogP contribution in [0, 0.1) is 6.92 Å². The maximum absolute atomic E-state index is 5.85. The molecule has 1 aliphatic heterocycles. The first-order chi connectivity index (χ1) is 9.25. The van der Waals surface area contributed by atoms with Gasteiger partial charge in [0.05, 0.1) is 26.2 Å². The molecule has 0 amide bonds. The molecule has 1 aliphatic rings. The van der Waals surface area contributed by atoms with Crippen LogP contribution in [0.4, 0.5) is 0 Å². The summed E-state index contributed by atoms with van der Waals surface area (Å²) in [5.74, 6) is 1.02. The maximum Gasteiger partial charge on any atom is 0.122 e. The van der Waals surface area contributed by atoms with Crippen molar-refractivity contribution in [3.8, 4) is 5.75 Å². The van der Waals surface area contributed by atoms with Crippen molar-refractivity contribution < 1.29 is 9.64 Å². The van der Waals surface area contributed by atoms with Crippen molar-refractivity contribution in [2.24, 2.45) is 0 Å². The summed E-state index contributed by atoms with van der Waals surface area (Å²) in [6, 6.07) is 6.20. The lowest BCUT2D eigenvalue weighted by molar-refractivity contribution is -0.905. The monoisotopic (exact) mass is 326 g/mol. The highest BCUT2D eigenvalue weighted by Gasteiger charge is 2.12. The molecule has 1 aromatic rings. The third-order valence-corrected chi connectivity index (χ3v) is 4.37. The van der Waals surface area contributed by atoms with E-state index in [1.165, 1.54) is 57.3 Å². The van der Waals surface area contributed by atoms with Gasteiger partial charge in [-0.3, -0.25) is 0 Å². The Morgan fingerprint density at radius 2 is 1.95 bits per heavy atom. The predicted molar refractivity (Wildman–Crippen MR) is 83.0 cm³/mol. The van der Waals surface area contributed by atoms with Gasteiger partial charge in [0.25, 0.3) is 0 Å². The lowest BCUT2D eigenvalue weighted by Crippen LogP contribution is -3.12. The number of hydrogen-bond acceptors (Lipinski definition) is 1. The third kappa shape index (κ3) is 5.15. The molecule has 0 aliphatic carbocycles. The summed E-state index contributed by atoms with van der Waals surface area (Å²) in [7, 11) is 0. The summed E-state index contributed by atoms with van der Waals surface area (Å²) in [5.41, 5.74) is 1.20. The number of piperidine rings is 1. The van der Waals surface area contributed by atoms with E-state index in [-0.39, 0.29) is 0 Å². The van der Waals surface area contributed by atoms with Gasteiger partial charge in [-0.1, -0.05) is 15.9 Å². The van der Waals surface area contributed by atoms with E-state index in [0.717, 1.165) is 16.8 Å². The van der Waals surface area contributed by atoms with Crippen molar-refractivity contribution in [2.45, 2.75) is 39.0 Å². The molecule has 1 aromatic carbocycles. The van der Waals surface area contributed by atoms with Gasteiger partial charge in [-0.15, -0.1) is 0 Å². The highest BCUT2D eigenvalue weighted by molar-refractivity contribution is 9.10. The highest BCUT2D eigenvalue weighted by atomic mass is 79.9. The number of aryl methyl sites for hydroxylation is 1. The zero-order valence-corrected chi connectivity index (χ0v) is 13.5. The van der Waals surface area contributed by atoms with Crippen LogP contribution in [-0.2, 0) is 0 Å². The summed E-state index contributed by atoms with van der Waals surface area (Å²) >= 11 is 3.48. The Morgan fingerprint density at radius 3 is 2.68 bits per heavy atom. The lowest BCUT2D eigenvalue weighted by atomic mass is 10.1. The quantitative estimate of drug-likeness (QED) is 0.793. The minimum absolute atomic E-state index is 0.843. The molecule has 1 N–H and O–H groups in total. The molecule has 3 heteroatoms. The Morgan fingerprint density at radius 1 is 1.16 bits per heavy atom. The van der Waals surface area contributed by atoms with Gasteiger partial charge in [-0.2, -0.15) is 0 Å². The van der Waals surface area contributed by atoms with Crippen LogP contribution >= 0.6 is 15.9 Å². The van der Waals surface area contributed by atoms with Crippen molar-refractivity contribution in [2.75, 3.05) is 26.2 Å². The van der Waals surface area contributed by atoms with E-state index in [1.54, 1.807) is 4.90 Å². The van der Waals surface area contributed by atoms with Crippen molar-refractivity contribution in [1.82, 2.24) is 0 Å². The normalized spacial score (nSPS) is 16.5. The second-order valence-electron chi connectivity index (χ2n) is 5.53. The van der Waals surface area contributed by atoms with Crippen molar-refractivity contribution >= 4 is 15.9 Å². The van der Waals surface area contributed by atoms with Gasteiger partial charge in [0.1, 0.15) is 5.75 Å². The van der Waals surface area contributed by atoms with E-state index < -0.39 is 0 Å². The molecule has 106 valence electrons. The van der Waals surface area contributed by atoms with Gasteiger partial charge in [-0.05, 0) is 62.8 Å². The summed E-state index contributed by atoms with van der Waals surface area (Å²) < 4.78 is 6.97. The number of benzene rings is 1. The smallest absolute Gasteiger partial charge is 0.122 e. The Kier molecular flexibility index (Phi) is 6.18. The summed E-state index contributed by atoms with van der Waals surface area (Å²) in [5, 5.41) is 0. The summed E-state index contributed by atoms with van der Waals surface area (Å²) in [6.07, 6.45) is 6.73. The number of ether oxygens (including phenoxy) is 1. The summed E-state index contributed by atoms with van der Waals surface area (Å²) in [4.78, 5) is 1.80. The predicted octanol–water partition coefficient (Wildman–Crippen LogP) is 2.99. The number of quaternary nitrogens is 1. The fraction of sp³-hybridized carbons (Fsp3) is 0.625. The Bertz CT molecular complexity index is 388. The van der Waals surface area contributed by atoms with Gasteiger partial charge < -0.3 is 9.64 Å². The average Bonchev–Trinajstić information content (AvgIpc) is 2.42. The Balaban J connectivity index is 1.61. The second kappa shape index (κ2) is 7.91. The van der Waals surface area contributed by atoms with Gasteiger partial charge in [0, 0.05) is 4.47 Å². The van der Waals surface area contributed by atoms with Crippen molar-refractivity contribution in [3.05, 3.63) is 28.2 Å². The minimum atomic E-state index is 0.843. The number of likely N-dealkylation sites (tertiary alicyclic amines) is 1. The van der Waals surface area contributed by atoms with E-state index in [0.29, 0.717) is 0 Å². The molecule has 2 nitrogen and oxygen atoms in total. The largest absolute Gasteiger partial charge is 0.493 e. The van der Waals surface area contributed by atoms with Crippen LogP contribution in [0.1, 0.15) is 37.7 Å². The molecule has 0 radical (unpaired) electrons. The van der Waals surface area contributed by atoms with Gasteiger partial charge in [0.2, 0.25) is 0 Å². The third-order valence-electron chi connectivity index (χ3n) is 3.88. The van der Waals surface area contributed by atoms with Crippen LogP contribution < -0.4 is 9.64 Å². The second-order valence-corrected chi connectivity index (χ2v) is 6.44. The first-order valence-electron chi connectivity index (χ1n) is 7.48. The molecular formula is C16H25BrNO+. The number of nitrogens with one attached hydrogen (secondary N) is 1. The highest BCUT2D eigenvalue weighted by Crippen LogP contribution is 2.22. The first-order valence-corrected chi connectivity index (χ1v) is 8.27. The van der Waals surface area contributed by atoms with Crippen LogP contribution in [0.25, 0.3) is 0 Å². The molecular weight excluding hydrogens is 302 g/mol. The number of hydrogen-bond donors (Lipinski definition) is 1. The maximum atomic E-state index is 5.85. The van der Waals surface area contributed by atoms with Crippen molar-refractivity contribution in [1.29, 1.82) is 0 Å².